The number of benzene rings is 3. The fourth-order valence-corrected chi connectivity index (χ4v) is 3.95. The quantitative estimate of drug-likeness (QED) is 0.607. The Labute approximate surface area is 156 Å². The van der Waals surface area contributed by atoms with Gasteiger partial charge in [-0.25, -0.2) is 0 Å². The fourth-order valence-electron chi connectivity index (χ4n) is 3.10. The predicted molar refractivity (Wildman–Crippen MR) is 107 cm³/mol. The minimum atomic E-state index is -0.205. The molecule has 3 nitrogen and oxygen atoms in total. The van der Waals surface area contributed by atoms with E-state index in [0.717, 1.165) is 33.7 Å². The molecule has 26 heavy (non-hydrogen) atoms. The topological polar surface area (TPSA) is 37.4 Å². The van der Waals surface area contributed by atoms with Crippen molar-refractivity contribution < 1.29 is 9.59 Å². The highest BCUT2D eigenvalue weighted by molar-refractivity contribution is 8.18. The molecule has 4 heteroatoms. The summed E-state index contributed by atoms with van der Waals surface area (Å²) in [6.45, 7) is 0.404. The maximum absolute atomic E-state index is 12.7. The van der Waals surface area contributed by atoms with E-state index < -0.39 is 0 Å². The van der Waals surface area contributed by atoms with Crippen molar-refractivity contribution in [2.45, 2.75) is 6.42 Å². The van der Waals surface area contributed by atoms with Crippen molar-refractivity contribution in [3.8, 4) is 0 Å². The molecule has 0 N–H and O–H groups in total. The number of carbonyl (C=O) groups is 2. The van der Waals surface area contributed by atoms with Crippen molar-refractivity contribution in [1.82, 2.24) is 4.90 Å². The van der Waals surface area contributed by atoms with Gasteiger partial charge in [-0.3, -0.25) is 14.5 Å². The van der Waals surface area contributed by atoms with Crippen molar-refractivity contribution in [2.24, 2.45) is 0 Å². The van der Waals surface area contributed by atoms with E-state index in [2.05, 4.69) is 0 Å². The van der Waals surface area contributed by atoms with Crippen LogP contribution in [0.3, 0.4) is 0 Å². The van der Waals surface area contributed by atoms with Gasteiger partial charge >= 0.3 is 0 Å². The van der Waals surface area contributed by atoms with E-state index >= 15 is 0 Å². The van der Waals surface area contributed by atoms with Crippen LogP contribution in [-0.4, -0.2) is 22.6 Å². The molecule has 1 saturated heterocycles. The van der Waals surface area contributed by atoms with Gasteiger partial charge in [-0.2, -0.15) is 0 Å². The van der Waals surface area contributed by atoms with Crippen molar-refractivity contribution in [2.75, 3.05) is 6.54 Å². The Morgan fingerprint density at radius 2 is 1.58 bits per heavy atom. The van der Waals surface area contributed by atoms with Crippen molar-refractivity contribution in [3.63, 3.8) is 0 Å². The fraction of sp³-hybridized carbons (Fsp3) is 0.0909. The number of imide groups is 1. The largest absolute Gasteiger partial charge is 0.293 e. The molecule has 3 aromatic carbocycles. The van der Waals surface area contributed by atoms with E-state index in [0.29, 0.717) is 17.9 Å². The second-order valence-corrected chi connectivity index (χ2v) is 7.13. The molecule has 0 atom stereocenters. The van der Waals surface area contributed by atoms with Gasteiger partial charge < -0.3 is 0 Å². The van der Waals surface area contributed by atoms with Crippen LogP contribution in [0.25, 0.3) is 16.8 Å². The first-order valence-electron chi connectivity index (χ1n) is 8.49. The number of hydrogen-bond donors (Lipinski definition) is 0. The van der Waals surface area contributed by atoms with Gasteiger partial charge in [0, 0.05) is 6.54 Å². The first-order chi connectivity index (χ1) is 12.7. The summed E-state index contributed by atoms with van der Waals surface area (Å²) in [5, 5.41) is 1.99. The van der Waals surface area contributed by atoms with Crippen LogP contribution >= 0.6 is 11.8 Å². The van der Waals surface area contributed by atoms with Gasteiger partial charge in [0.15, 0.2) is 0 Å². The lowest BCUT2D eigenvalue weighted by molar-refractivity contribution is -0.122. The maximum atomic E-state index is 12.7. The van der Waals surface area contributed by atoms with Crippen LogP contribution in [-0.2, 0) is 11.2 Å². The van der Waals surface area contributed by atoms with Crippen LogP contribution in [0.2, 0.25) is 0 Å². The minimum absolute atomic E-state index is 0.197. The first-order valence-corrected chi connectivity index (χ1v) is 9.31. The summed E-state index contributed by atoms with van der Waals surface area (Å²) in [5.41, 5.74) is 2.07. The van der Waals surface area contributed by atoms with Crippen LogP contribution in [0.5, 0.6) is 0 Å². The number of rotatable bonds is 4. The van der Waals surface area contributed by atoms with Gasteiger partial charge in [0.2, 0.25) is 0 Å². The lowest BCUT2D eigenvalue weighted by Gasteiger charge is -2.12. The molecule has 1 heterocycles. The summed E-state index contributed by atoms with van der Waals surface area (Å²) in [6, 6.07) is 23.9. The minimum Gasteiger partial charge on any atom is -0.268 e. The number of hydrogen-bond acceptors (Lipinski definition) is 3. The average molecular weight is 359 g/mol. The average Bonchev–Trinajstić information content (AvgIpc) is 2.94. The lowest BCUT2D eigenvalue weighted by Crippen LogP contribution is -2.30. The summed E-state index contributed by atoms with van der Waals surface area (Å²) in [5.74, 6) is -0.205. The smallest absolute Gasteiger partial charge is 0.268 e. The van der Waals surface area contributed by atoms with Gasteiger partial charge in [0.25, 0.3) is 11.1 Å². The number of amides is 2. The molecule has 128 valence electrons. The van der Waals surface area contributed by atoms with Crippen molar-refractivity contribution >= 4 is 39.8 Å². The van der Waals surface area contributed by atoms with E-state index in [1.165, 1.54) is 4.90 Å². The molecule has 1 aliphatic rings. The highest BCUT2D eigenvalue weighted by Crippen LogP contribution is 2.33. The number of thioether (sulfide) groups is 1. The Bertz CT molecular complexity index is 1010. The van der Waals surface area contributed by atoms with Crippen molar-refractivity contribution in [1.29, 1.82) is 0 Å². The molecule has 0 aromatic heterocycles. The zero-order chi connectivity index (χ0) is 17.9. The van der Waals surface area contributed by atoms with Gasteiger partial charge in [-0.15, -0.1) is 0 Å². The predicted octanol–water partition coefficient (Wildman–Crippen LogP) is 5.12. The van der Waals surface area contributed by atoms with Crippen LogP contribution in [0.4, 0.5) is 4.79 Å². The lowest BCUT2D eigenvalue weighted by atomic mass is 10.0. The molecule has 1 fully saturated rings. The molecule has 0 saturated carbocycles. The highest BCUT2D eigenvalue weighted by atomic mass is 32.2. The Morgan fingerprint density at radius 1 is 0.846 bits per heavy atom. The van der Waals surface area contributed by atoms with Crippen LogP contribution in [0.15, 0.2) is 77.7 Å². The van der Waals surface area contributed by atoms with Crippen LogP contribution < -0.4 is 0 Å². The molecular weight excluding hydrogens is 342 g/mol. The van der Waals surface area contributed by atoms with Gasteiger partial charge in [-0.1, -0.05) is 72.8 Å². The second kappa shape index (κ2) is 7.18. The van der Waals surface area contributed by atoms with Gasteiger partial charge in [-0.05, 0) is 46.2 Å². The number of fused-ring (bicyclic) bond motifs is 1. The molecule has 2 amide bonds. The number of carbonyl (C=O) groups excluding carboxylic acids is 2. The standard InChI is InChI=1S/C22H17NO2S/c24-21-20(15-18-11-6-10-17-9-4-5-12-19(17)18)26-22(25)23(21)14-13-16-7-2-1-3-8-16/h1-12,15H,13-14H2/b20-15-. The third-order valence-corrected chi connectivity index (χ3v) is 5.36. The van der Waals surface area contributed by atoms with Crippen LogP contribution in [0.1, 0.15) is 11.1 Å². The summed E-state index contributed by atoms with van der Waals surface area (Å²) in [6.07, 6.45) is 2.50. The Morgan fingerprint density at radius 3 is 2.42 bits per heavy atom. The summed E-state index contributed by atoms with van der Waals surface area (Å²) >= 11 is 1.02. The van der Waals surface area contributed by atoms with E-state index in [1.807, 2.05) is 78.9 Å². The van der Waals surface area contributed by atoms with E-state index in [-0.39, 0.29) is 11.1 Å². The molecule has 0 spiro atoms. The van der Waals surface area contributed by atoms with E-state index in [9.17, 15) is 9.59 Å². The number of nitrogens with zero attached hydrogens (tertiary/aromatic N) is 1. The van der Waals surface area contributed by atoms with E-state index in [1.54, 1.807) is 0 Å². The monoisotopic (exact) mass is 359 g/mol. The third-order valence-electron chi connectivity index (χ3n) is 4.45. The molecule has 0 bridgehead atoms. The van der Waals surface area contributed by atoms with E-state index in [4.69, 9.17) is 0 Å². The van der Waals surface area contributed by atoms with Gasteiger partial charge in [0.1, 0.15) is 0 Å². The maximum Gasteiger partial charge on any atom is 0.293 e. The van der Waals surface area contributed by atoms with Crippen LogP contribution in [0, 0.1) is 0 Å². The molecule has 0 unspecified atom stereocenters. The molecular formula is C22H17NO2S. The Kier molecular flexibility index (Phi) is 4.59. The third kappa shape index (κ3) is 3.28. The SMILES string of the molecule is O=C1S/C(=C\c2cccc3ccccc23)C(=O)N1CCc1ccccc1. The highest BCUT2D eigenvalue weighted by Gasteiger charge is 2.34. The summed E-state index contributed by atoms with van der Waals surface area (Å²) < 4.78 is 0. The Balaban J connectivity index is 1.57. The molecule has 0 aliphatic carbocycles. The molecule has 3 aromatic rings. The normalized spacial score (nSPS) is 16.0. The first kappa shape index (κ1) is 16.6. The Hall–Kier alpha value is -2.85. The summed E-state index contributed by atoms with van der Waals surface area (Å²) in [7, 11) is 0. The summed E-state index contributed by atoms with van der Waals surface area (Å²) in [4.78, 5) is 26.8. The molecule has 0 radical (unpaired) electrons. The van der Waals surface area contributed by atoms with Crippen molar-refractivity contribution in [3.05, 3.63) is 88.8 Å². The molecule has 1 aliphatic heterocycles. The molecule has 4 rings (SSSR count). The van der Waals surface area contributed by atoms with Gasteiger partial charge in [0.05, 0.1) is 4.91 Å². The second-order valence-electron chi connectivity index (χ2n) is 6.14. The zero-order valence-electron chi connectivity index (χ0n) is 14.1. The zero-order valence-corrected chi connectivity index (χ0v) is 14.9.